The van der Waals surface area contributed by atoms with Gasteiger partial charge in [0.15, 0.2) is 6.67 Å². The lowest BCUT2D eigenvalue weighted by atomic mass is 9.99. The first kappa shape index (κ1) is 17.8. The van der Waals surface area contributed by atoms with Crippen molar-refractivity contribution in [1.82, 2.24) is 9.78 Å². The predicted octanol–water partition coefficient (Wildman–Crippen LogP) is 1.83. The maximum atomic E-state index is 13.0. The van der Waals surface area contributed by atoms with Crippen LogP contribution in [0.15, 0.2) is 28.7 Å². The van der Waals surface area contributed by atoms with Crippen molar-refractivity contribution in [1.29, 1.82) is 0 Å². The predicted molar refractivity (Wildman–Crippen MR) is 90.8 cm³/mol. The third kappa shape index (κ3) is 4.32. The van der Waals surface area contributed by atoms with Crippen molar-refractivity contribution in [2.45, 2.75) is 26.4 Å². The third-order valence-corrected chi connectivity index (χ3v) is 4.60. The summed E-state index contributed by atoms with van der Waals surface area (Å²) in [5.74, 6) is -0.162. The zero-order valence-electron chi connectivity index (χ0n) is 14.0. The maximum absolute atomic E-state index is 13.0. The summed E-state index contributed by atoms with van der Waals surface area (Å²) in [6.45, 7) is 4.38. The van der Waals surface area contributed by atoms with Gasteiger partial charge < -0.3 is 14.1 Å². The molecule has 6 nitrogen and oxygen atoms in total. The Morgan fingerprint density at radius 3 is 2.96 bits per heavy atom. The van der Waals surface area contributed by atoms with Crippen molar-refractivity contribution >= 4 is 18.2 Å². The number of aromatic nitrogens is 2. The molecule has 25 heavy (non-hydrogen) atoms. The summed E-state index contributed by atoms with van der Waals surface area (Å²) < 4.78 is 25.3. The average Bonchev–Trinajstić information content (AvgIpc) is 2.97. The topological polar surface area (TPSA) is 61.7 Å². The Kier molecular flexibility index (Phi) is 5.60. The van der Waals surface area contributed by atoms with Crippen LogP contribution in [0.1, 0.15) is 19.8 Å². The van der Waals surface area contributed by atoms with Gasteiger partial charge in [0.2, 0.25) is 5.89 Å². The molecule has 8 heteroatoms. The molecule has 0 spiro atoms. The van der Waals surface area contributed by atoms with Crippen LogP contribution in [0.25, 0.3) is 11.5 Å². The van der Waals surface area contributed by atoms with E-state index in [4.69, 9.17) is 21.4 Å². The molecule has 1 unspecified atom stereocenters. The van der Waals surface area contributed by atoms with Gasteiger partial charge in [0.05, 0.1) is 19.7 Å². The molecular weight excluding hydrogens is 345 g/mol. The maximum Gasteiger partial charge on any atom is 0.314 e. The number of benzene rings is 1. The highest BCUT2D eigenvalue weighted by atomic mass is 32.1. The first-order chi connectivity index (χ1) is 12.1. The summed E-state index contributed by atoms with van der Waals surface area (Å²) in [7, 11) is 0. The molecule has 0 bridgehead atoms. The minimum Gasteiger partial charge on any atom is -0.466 e. The highest BCUT2D eigenvalue weighted by Gasteiger charge is 2.30. The number of likely N-dealkylation sites (tertiary alicyclic amines) is 1. The molecule has 1 fully saturated rings. The summed E-state index contributed by atoms with van der Waals surface area (Å²) >= 11 is 5.24. The van der Waals surface area contributed by atoms with Gasteiger partial charge in [-0.3, -0.25) is 4.79 Å². The summed E-state index contributed by atoms with van der Waals surface area (Å²) in [5, 5.41) is 4.40. The van der Waals surface area contributed by atoms with Gasteiger partial charge in [-0.05, 0) is 56.2 Å². The van der Waals surface area contributed by atoms with Gasteiger partial charge in [-0.2, -0.15) is 4.68 Å². The van der Waals surface area contributed by atoms with Crippen molar-refractivity contribution in [3.63, 3.8) is 0 Å². The Bertz CT molecular complexity index is 787. The minimum atomic E-state index is -0.315. The molecule has 1 N–H and O–H groups in total. The van der Waals surface area contributed by atoms with Gasteiger partial charge in [0.25, 0.3) is 4.84 Å². The molecule has 0 radical (unpaired) electrons. The van der Waals surface area contributed by atoms with E-state index in [2.05, 4.69) is 5.10 Å². The molecular formula is C17H21FN3O3S+. The van der Waals surface area contributed by atoms with Gasteiger partial charge in [0, 0.05) is 5.56 Å². The fourth-order valence-corrected chi connectivity index (χ4v) is 3.27. The number of carbonyl (C=O) groups excluding carboxylic acids is 1. The van der Waals surface area contributed by atoms with Crippen LogP contribution in [0.2, 0.25) is 0 Å². The Morgan fingerprint density at radius 2 is 2.24 bits per heavy atom. The van der Waals surface area contributed by atoms with E-state index in [1.54, 1.807) is 16.8 Å². The van der Waals surface area contributed by atoms with Crippen LogP contribution in [0.5, 0.6) is 0 Å². The third-order valence-electron chi connectivity index (χ3n) is 4.31. The van der Waals surface area contributed by atoms with Crippen LogP contribution in [0, 0.1) is 16.6 Å². The molecule has 2 aromatic rings. The number of esters is 1. The highest BCUT2D eigenvalue weighted by Crippen LogP contribution is 2.18. The van der Waals surface area contributed by atoms with Crippen LogP contribution >= 0.6 is 12.2 Å². The van der Waals surface area contributed by atoms with Crippen LogP contribution in [-0.2, 0) is 16.2 Å². The van der Waals surface area contributed by atoms with Gasteiger partial charge in [0.1, 0.15) is 11.7 Å². The smallest absolute Gasteiger partial charge is 0.314 e. The number of carbonyl (C=O) groups is 1. The Morgan fingerprint density at radius 1 is 1.48 bits per heavy atom. The normalized spacial score (nSPS) is 20.4. The lowest BCUT2D eigenvalue weighted by Crippen LogP contribution is -3.13. The van der Waals surface area contributed by atoms with E-state index in [0.29, 0.717) is 31.3 Å². The first-order valence-corrected chi connectivity index (χ1v) is 8.81. The number of nitrogens with one attached hydrogen (secondary N) is 1. The zero-order chi connectivity index (χ0) is 17.8. The van der Waals surface area contributed by atoms with E-state index in [1.165, 1.54) is 17.0 Å². The van der Waals surface area contributed by atoms with E-state index in [-0.39, 0.29) is 22.5 Å². The fraction of sp³-hybridized carbons (Fsp3) is 0.471. The summed E-state index contributed by atoms with van der Waals surface area (Å²) in [6.07, 6.45) is 1.81. The largest absolute Gasteiger partial charge is 0.466 e. The second-order valence-corrected chi connectivity index (χ2v) is 6.48. The van der Waals surface area contributed by atoms with Crippen molar-refractivity contribution in [3.8, 4) is 11.5 Å². The van der Waals surface area contributed by atoms with Crippen LogP contribution in [0.3, 0.4) is 0 Å². The van der Waals surface area contributed by atoms with Crippen molar-refractivity contribution < 1.29 is 23.2 Å². The molecule has 1 aliphatic heterocycles. The fourth-order valence-electron chi connectivity index (χ4n) is 3.08. The van der Waals surface area contributed by atoms with Crippen molar-refractivity contribution in [3.05, 3.63) is 34.9 Å². The van der Waals surface area contributed by atoms with E-state index >= 15 is 0 Å². The molecule has 3 rings (SSSR count). The van der Waals surface area contributed by atoms with E-state index < -0.39 is 0 Å². The number of ether oxygens (including phenoxy) is 1. The van der Waals surface area contributed by atoms with Crippen LogP contribution < -0.4 is 4.90 Å². The van der Waals surface area contributed by atoms with Gasteiger partial charge >= 0.3 is 5.97 Å². The molecule has 0 aliphatic carbocycles. The highest BCUT2D eigenvalue weighted by molar-refractivity contribution is 7.71. The second kappa shape index (κ2) is 7.88. The van der Waals surface area contributed by atoms with Crippen molar-refractivity contribution in [2.24, 2.45) is 5.92 Å². The molecule has 2 atom stereocenters. The van der Waals surface area contributed by atoms with Gasteiger partial charge in [-0.25, -0.2) is 4.39 Å². The lowest BCUT2D eigenvalue weighted by molar-refractivity contribution is -0.930. The molecule has 1 aromatic heterocycles. The second-order valence-electron chi connectivity index (χ2n) is 6.13. The number of hydrogen-bond acceptors (Lipinski definition) is 5. The van der Waals surface area contributed by atoms with Crippen LogP contribution in [-0.4, -0.2) is 35.4 Å². The quantitative estimate of drug-likeness (QED) is 0.646. The number of rotatable bonds is 5. The molecule has 2 heterocycles. The minimum absolute atomic E-state index is 0.0821. The van der Waals surface area contributed by atoms with Gasteiger partial charge in [-0.1, -0.05) is 0 Å². The molecule has 1 aliphatic rings. The summed E-state index contributed by atoms with van der Waals surface area (Å²) in [5.41, 5.74) is 0.671. The Hall–Kier alpha value is -2.06. The summed E-state index contributed by atoms with van der Waals surface area (Å²) in [4.78, 5) is 13.4. The SMILES string of the molecule is CCOC(=O)[C@@H]1CCC[NH+](Cn2nc(-c3ccc(F)cc3)oc2=S)C1. The number of nitrogens with zero attached hydrogens (tertiary/aromatic N) is 2. The zero-order valence-corrected chi connectivity index (χ0v) is 14.9. The molecule has 1 saturated heterocycles. The number of quaternary nitrogens is 1. The number of halogens is 1. The van der Waals surface area contributed by atoms with E-state index in [9.17, 15) is 9.18 Å². The Labute approximate surface area is 150 Å². The van der Waals surface area contributed by atoms with E-state index in [0.717, 1.165) is 19.4 Å². The molecule has 134 valence electrons. The molecule has 1 aromatic carbocycles. The monoisotopic (exact) mass is 366 g/mol. The average molecular weight is 366 g/mol. The molecule has 0 amide bonds. The van der Waals surface area contributed by atoms with Crippen LogP contribution in [0.4, 0.5) is 4.39 Å². The lowest BCUT2D eigenvalue weighted by Gasteiger charge is -2.28. The standard InChI is InChI=1S/C17H20FN3O3S/c1-2-23-16(22)13-4-3-9-20(10-13)11-21-17(25)24-15(19-21)12-5-7-14(18)8-6-12/h5-8,13H,2-4,9-11H2,1H3/p+1/t13-/m1/s1. The number of hydrogen-bond donors (Lipinski definition) is 1. The number of piperidine rings is 1. The van der Waals surface area contributed by atoms with Gasteiger partial charge in [-0.15, -0.1) is 5.10 Å². The van der Waals surface area contributed by atoms with E-state index in [1.807, 2.05) is 6.92 Å². The first-order valence-electron chi connectivity index (χ1n) is 8.41. The van der Waals surface area contributed by atoms with Crippen molar-refractivity contribution in [2.75, 3.05) is 19.7 Å². The Balaban J connectivity index is 1.69. The molecule has 0 saturated carbocycles. The summed E-state index contributed by atoms with van der Waals surface area (Å²) in [6, 6.07) is 5.91.